The zero-order valence-electron chi connectivity index (χ0n) is 38.3. The molecule has 5 aliphatic rings. The molecule has 0 radical (unpaired) electrons. The van der Waals surface area contributed by atoms with Crippen molar-refractivity contribution in [2.24, 2.45) is 4.99 Å². The summed E-state index contributed by atoms with van der Waals surface area (Å²) in [6.07, 6.45) is 5.78. The number of benzene rings is 3. The maximum atomic E-state index is 13.6. The van der Waals surface area contributed by atoms with Gasteiger partial charge in [0.15, 0.2) is 11.5 Å². The number of carbonyl (C=O) groups is 5. The Hall–Kier alpha value is -5.74. The SMILES string of the molecule is C=C1C[C@H]2CCc3cc(OCc4cc(COc5cc6c(cc5OC)C(=O)N5CC(=C)C[C@H]5C=N6)cc(N(C)CC(C)(C)SSCCCC(=O)ON5C(=O)CCC5=O)c4)c(C)cc3C(=O)N2C1. The molecule has 3 aromatic rings. The Morgan fingerprint density at radius 2 is 1.53 bits per heavy atom. The molecule has 0 bridgehead atoms. The summed E-state index contributed by atoms with van der Waals surface area (Å²) in [5.74, 6) is 0.681. The van der Waals surface area contributed by atoms with Crippen LogP contribution in [0.1, 0.15) is 102 Å². The number of hydrogen-bond acceptors (Lipinski definition) is 13. The molecular weight excluding hydrogens is 879 g/mol. The number of nitrogens with zero attached hydrogens (tertiary/aromatic N) is 5. The highest BCUT2D eigenvalue weighted by atomic mass is 33.1. The van der Waals surface area contributed by atoms with Gasteiger partial charge in [-0.15, -0.1) is 5.06 Å². The number of rotatable bonds is 17. The maximum Gasteiger partial charge on any atom is 0.333 e. The first kappa shape index (κ1) is 46.8. The van der Waals surface area contributed by atoms with Gasteiger partial charge in [-0.2, -0.15) is 0 Å². The molecular formula is C50H57N5O9S2. The average Bonchev–Trinajstić information content (AvgIpc) is 3.91. The van der Waals surface area contributed by atoms with E-state index < -0.39 is 17.8 Å². The van der Waals surface area contributed by atoms with E-state index in [9.17, 15) is 24.0 Å². The Morgan fingerprint density at radius 3 is 2.26 bits per heavy atom. The van der Waals surface area contributed by atoms with E-state index in [2.05, 4.69) is 50.1 Å². The molecule has 4 amide bonds. The van der Waals surface area contributed by atoms with Crippen molar-refractivity contribution in [1.29, 1.82) is 0 Å². The summed E-state index contributed by atoms with van der Waals surface area (Å²) in [5, 5.41) is 0.589. The van der Waals surface area contributed by atoms with Crippen molar-refractivity contribution >= 4 is 68.8 Å². The van der Waals surface area contributed by atoms with Crippen LogP contribution in [0.4, 0.5) is 11.4 Å². The normalized spacial score (nSPS) is 19.1. The third-order valence-corrected chi connectivity index (χ3v) is 15.8. The van der Waals surface area contributed by atoms with E-state index in [1.54, 1.807) is 45.7 Å². The number of imide groups is 1. The van der Waals surface area contributed by atoms with Crippen LogP contribution in [0, 0.1) is 6.92 Å². The lowest BCUT2D eigenvalue weighted by Gasteiger charge is -2.31. The average molecular weight is 936 g/mol. The molecule has 3 aromatic carbocycles. The van der Waals surface area contributed by atoms with Gasteiger partial charge in [0.1, 0.15) is 19.0 Å². The monoisotopic (exact) mass is 935 g/mol. The van der Waals surface area contributed by atoms with Gasteiger partial charge in [-0.1, -0.05) is 45.9 Å². The van der Waals surface area contributed by atoms with Gasteiger partial charge in [0.25, 0.3) is 23.6 Å². The summed E-state index contributed by atoms with van der Waals surface area (Å²) in [6, 6.07) is 13.8. The third-order valence-electron chi connectivity index (χ3n) is 12.4. The second kappa shape index (κ2) is 19.6. The number of ether oxygens (including phenoxy) is 3. The molecule has 14 nitrogen and oxygen atoms in total. The molecule has 0 aromatic heterocycles. The van der Waals surface area contributed by atoms with E-state index in [1.165, 1.54) is 0 Å². The Labute approximate surface area is 394 Å². The van der Waals surface area contributed by atoms with Crippen LogP contribution in [0.2, 0.25) is 0 Å². The van der Waals surface area contributed by atoms with E-state index in [4.69, 9.17) is 24.0 Å². The molecule has 5 aliphatic heterocycles. The van der Waals surface area contributed by atoms with Crippen LogP contribution in [0.15, 0.2) is 71.8 Å². The largest absolute Gasteiger partial charge is 0.493 e. The number of aryl methyl sites for hydroxylation is 2. The molecule has 3 saturated heterocycles. The highest BCUT2D eigenvalue weighted by molar-refractivity contribution is 8.77. The van der Waals surface area contributed by atoms with Crippen LogP contribution in [-0.4, -0.2) is 107 Å². The molecule has 0 unspecified atom stereocenters. The topological polar surface area (TPSA) is 148 Å². The number of methoxy groups -OCH3 is 1. The summed E-state index contributed by atoms with van der Waals surface area (Å²) < 4.78 is 18.6. The fraction of sp³-hybridized carbons (Fsp3) is 0.440. The molecule has 0 N–H and O–H groups in total. The van der Waals surface area contributed by atoms with Crippen LogP contribution in [0.5, 0.6) is 17.2 Å². The maximum absolute atomic E-state index is 13.6. The van der Waals surface area contributed by atoms with E-state index in [0.717, 1.165) is 69.7 Å². The zero-order chi connectivity index (χ0) is 46.9. The Morgan fingerprint density at radius 1 is 0.848 bits per heavy atom. The zero-order valence-corrected chi connectivity index (χ0v) is 39.9. The van der Waals surface area contributed by atoms with Crippen LogP contribution >= 0.6 is 21.6 Å². The lowest BCUT2D eigenvalue weighted by Crippen LogP contribution is -2.35. The number of amides is 4. The molecule has 348 valence electrons. The lowest BCUT2D eigenvalue weighted by atomic mass is 9.98. The number of anilines is 1. The second-order valence-corrected chi connectivity index (χ2v) is 21.5. The van der Waals surface area contributed by atoms with Crippen molar-refractivity contribution in [3.05, 3.63) is 100 Å². The van der Waals surface area contributed by atoms with Gasteiger partial charge in [-0.05, 0) is 112 Å². The van der Waals surface area contributed by atoms with Crippen molar-refractivity contribution in [3.8, 4) is 17.2 Å². The first-order valence-electron chi connectivity index (χ1n) is 22.4. The first-order chi connectivity index (χ1) is 31.5. The molecule has 0 saturated carbocycles. The highest BCUT2D eigenvalue weighted by Gasteiger charge is 2.37. The quantitative estimate of drug-likeness (QED) is 0.0555. The summed E-state index contributed by atoms with van der Waals surface area (Å²) in [4.78, 5) is 78.9. The molecule has 66 heavy (non-hydrogen) atoms. The van der Waals surface area contributed by atoms with Crippen molar-refractivity contribution in [2.45, 2.75) is 102 Å². The smallest absolute Gasteiger partial charge is 0.333 e. The minimum absolute atomic E-state index is 0.0619. The van der Waals surface area contributed by atoms with Crippen LogP contribution in [0.25, 0.3) is 0 Å². The predicted octanol–water partition coefficient (Wildman–Crippen LogP) is 8.35. The number of fused-ring (bicyclic) bond motifs is 4. The first-order valence-corrected chi connectivity index (χ1v) is 24.7. The molecule has 5 heterocycles. The molecule has 3 fully saturated rings. The molecule has 0 spiro atoms. The summed E-state index contributed by atoms with van der Waals surface area (Å²) >= 11 is 0. The van der Waals surface area contributed by atoms with E-state index in [1.807, 2.05) is 37.2 Å². The van der Waals surface area contributed by atoms with Crippen molar-refractivity contribution < 1.29 is 43.0 Å². The molecule has 8 rings (SSSR count). The van der Waals surface area contributed by atoms with Crippen LogP contribution < -0.4 is 19.1 Å². The number of hydrogen-bond donors (Lipinski definition) is 0. The van der Waals surface area contributed by atoms with Gasteiger partial charge in [-0.3, -0.25) is 24.2 Å². The van der Waals surface area contributed by atoms with E-state index in [-0.39, 0.29) is 61.1 Å². The van der Waals surface area contributed by atoms with Gasteiger partial charge in [-0.25, -0.2) is 4.79 Å². The van der Waals surface area contributed by atoms with Crippen molar-refractivity contribution in [1.82, 2.24) is 14.9 Å². The second-order valence-electron chi connectivity index (χ2n) is 18.4. The minimum Gasteiger partial charge on any atom is -0.493 e. The van der Waals surface area contributed by atoms with Crippen molar-refractivity contribution in [2.75, 3.05) is 44.4 Å². The minimum atomic E-state index is -0.595. The summed E-state index contributed by atoms with van der Waals surface area (Å²) in [6.45, 7) is 16.8. The van der Waals surface area contributed by atoms with Crippen molar-refractivity contribution in [3.63, 3.8) is 0 Å². The highest BCUT2D eigenvalue weighted by Crippen LogP contribution is 2.41. The number of aliphatic imine (C=N–C) groups is 1. The Balaban J connectivity index is 0.971. The standard InChI is InChI=1S/C50H57N5O9S2/c1-30-15-36-11-10-35-21-42(32(3)17-39(35)48(59)53(36)25-30)62-27-33-18-34(28-63-44-23-41-40(22-43(44)61-7)49(60)54-26-31(2)16-38(54)24-51-41)20-37(19-33)52(6)29-50(4,5)66-65-14-8-9-47(58)64-55-45(56)12-13-46(55)57/h17-24,36,38H,1-2,8-16,25-29H2,3-7H3/t36-,38+/m1/s1. The van der Waals surface area contributed by atoms with Crippen LogP contribution in [0.3, 0.4) is 0 Å². The van der Waals surface area contributed by atoms with Gasteiger partial charge in [0, 0.05) is 86.0 Å². The Bertz CT molecular complexity index is 2510. The van der Waals surface area contributed by atoms with E-state index >= 15 is 0 Å². The van der Waals surface area contributed by atoms with Gasteiger partial charge in [0.2, 0.25) is 0 Å². The number of hydroxylamine groups is 2. The Kier molecular flexibility index (Phi) is 13.9. The van der Waals surface area contributed by atoms with Gasteiger partial charge < -0.3 is 33.7 Å². The molecule has 16 heteroatoms. The molecule has 2 atom stereocenters. The fourth-order valence-corrected chi connectivity index (χ4v) is 11.8. The predicted molar refractivity (Wildman–Crippen MR) is 257 cm³/mol. The van der Waals surface area contributed by atoms with Gasteiger partial charge in [0.05, 0.1) is 24.4 Å². The van der Waals surface area contributed by atoms with Gasteiger partial charge >= 0.3 is 5.97 Å². The van der Waals surface area contributed by atoms with Crippen LogP contribution in [-0.2, 0) is 38.9 Å². The molecule has 0 aliphatic carbocycles. The lowest BCUT2D eigenvalue weighted by molar-refractivity contribution is -0.197. The number of carbonyl (C=O) groups excluding carboxylic acids is 5. The fourth-order valence-electron chi connectivity index (χ4n) is 9.17. The summed E-state index contributed by atoms with van der Waals surface area (Å²) in [5.41, 5.74) is 8.49. The third kappa shape index (κ3) is 10.4. The van der Waals surface area contributed by atoms with E-state index in [0.29, 0.717) is 66.0 Å². The summed E-state index contributed by atoms with van der Waals surface area (Å²) in [7, 11) is 6.98.